The number of carbonyl (C=O) groups excluding carboxylic acids is 2. The van der Waals surface area contributed by atoms with E-state index in [9.17, 15) is 9.59 Å². The summed E-state index contributed by atoms with van der Waals surface area (Å²) >= 11 is 0. The molecule has 1 heterocycles. The third-order valence-electron chi connectivity index (χ3n) is 5.36. The summed E-state index contributed by atoms with van der Waals surface area (Å²) in [5, 5.41) is 3.56. The van der Waals surface area contributed by atoms with Gasteiger partial charge in [-0.15, -0.1) is 10.1 Å². The molecule has 6 heteroatoms. The van der Waals surface area contributed by atoms with Crippen molar-refractivity contribution in [2.24, 2.45) is 0 Å². The average molecular weight is 312 g/mol. The van der Waals surface area contributed by atoms with Crippen molar-refractivity contribution in [3.05, 3.63) is 0 Å². The van der Waals surface area contributed by atoms with E-state index in [4.69, 9.17) is 9.68 Å². The quantitative estimate of drug-likeness (QED) is 0.781. The molecule has 22 heavy (non-hydrogen) atoms. The molecule has 1 spiro atoms. The van der Waals surface area contributed by atoms with Crippen LogP contribution in [-0.4, -0.2) is 38.8 Å². The number of nitrogens with zero attached hydrogens (tertiary/aromatic N) is 2. The maximum absolute atomic E-state index is 11.7. The Morgan fingerprint density at radius 3 is 1.45 bits per heavy atom. The Morgan fingerprint density at radius 1 is 0.773 bits per heavy atom. The van der Waals surface area contributed by atoms with Crippen LogP contribution in [0.4, 0.5) is 0 Å². The van der Waals surface area contributed by atoms with Crippen LogP contribution < -0.4 is 0 Å². The van der Waals surface area contributed by atoms with Crippen LogP contribution in [0.1, 0.15) is 73.6 Å². The first kappa shape index (κ1) is 17.2. The van der Waals surface area contributed by atoms with Crippen LogP contribution in [0.15, 0.2) is 0 Å². The molecule has 1 aliphatic heterocycles. The van der Waals surface area contributed by atoms with Crippen LogP contribution in [0, 0.1) is 0 Å². The minimum atomic E-state index is -0.581. The predicted octanol–water partition coefficient (Wildman–Crippen LogP) is 2.78. The molecule has 1 saturated carbocycles. The van der Waals surface area contributed by atoms with Gasteiger partial charge in [0.1, 0.15) is 5.66 Å². The smallest absolute Gasteiger partial charge is 0.322 e. The van der Waals surface area contributed by atoms with E-state index in [1.807, 2.05) is 27.7 Å². The first-order valence-corrected chi connectivity index (χ1v) is 8.03. The standard InChI is InChI=1S/C16H28N2O4/c1-12(19)21-17-14(3,4)15(5,6)18(22-13(2)20)16(17)10-8-7-9-11-16/h7-11H2,1-6H3. The molecular formula is C16H28N2O4. The molecule has 6 nitrogen and oxygen atoms in total. The van der Waals surface area contributed by atoms with Crippen LogP contribution in [0.2, 0.25) is 0 Å². The highest BCUT2D eigenvalue weighted by molar-refractivity contribution is 5.66. The fourth-order valence-electron chi connectivity index (χ4n) is 3.80. The molecule has 0 atom stereocenters. The van der Waals surface area contributed by atoms with Gasteiger partial charge in [-0.1, -0.05) is 19.3 Å². The molecule has 0 bridgehead atoms. The van der Waals surface area contributed by atoms with Crippen molar-refractivity contribution in [3.63, 3.8) is 0 Å². The number of rotatable bonds is 2. The Kier molecular flexibility index (Phi) is 4.30. The summed E-state index contributed by atoms with van der Waals surface area (Å²) in [4.78, 5) is 34.6. The summed E-state index contributed by atoms with van der Waals surface area (Å²) in [6, 6.07) is 0. The molecule has 0 aromatic heterocycles. The van der Waals surface area contributed by atoms with Gasteiger partial charge >= 0.3 is 11.9 Å². The van der Waals surface area contributed by atoms with Gasteiger partial charge in [-0.2, -0.15) is 0 Å². The number of carbonyl (C=O) groups is 2. The second kappa shape index (κ2) is 5.49. The molecule has 0 aromatic rings. The highest BCUT2D eigenvalue weighted by Crippen LogP contribution is 2.54. The van der Waals surface area contributed by atoms with E-state index in [0.29, 0.717) is 0 Å². The molecule has 0 unspecified atom stereocenters. The molecule has 1 aliphatic carbocycles. The van der Waals surface area contributed by atoms with Crippen molar-refractivity contribution in [1.82, 2.24) is 10.1 Å². The zero-order chi connectivity index (χ0) is 16.8. The van der Waals surface area contributed by atoms with E-state index < -0.39 is 16.7 Å². The van der Waals surface area contributed by atoms with Crippen LogP contribution in [0.3, 0.4) is 0 Å². The Hall–Kier alpha value is -1.14. The third kappa shape index (κ3) is 2.42. The molecule has 0 N–H and O–H groups in total. The van der Waals surface area contributed by atoms with E-state index in [0.717, 1.165) is 32.1 Å². The molecule has 0 aromatic carbocycles. The van der Waals surface area contributed by atoms with Crippen LogP contribution in [0.5, 0.6) is 0 Å². The van der Waals surface area contributed by atoms with Gasteiger partial charge in [0.05, 0.1) is 11.1 Å². The first-order valence-electron chi connectivity index (χ1n) is 8.03. The van der Waals surface area contributed by atoms with Crippen molar-refractivity contribution >= 4 is 11.9 Å². The van der Waals surface area contributed by atoms with E-state index >= 15 is 0 Å². The maximum Gasteiger partial charge on any atom is 0.322 e. The van der Waals surface area contributed by atoms with Crippen molar-refractivity contribution in [2.45, 2.75) is 90.4 Å². The fourth-order valence-corrected chi connectivity index (χ4v) is 3.80. The van der Waals surface area contributed by atoms with Crippen molar-refractivity contribution in [3.8, 4) is 0 Å². The summed E-state index contributed by atoms with van der Waals surface area (Å²) in [6.07, 6.45) is 4.79. The summed E-state index contributed by atoms with van der Waals surface area (Å²) in [5.41, 5.74) is -1.57. The lowest BCUT2D eigenvalue weighted by atomic mass is 9.84. The molecule has 2 fully saturated rings. The Balaban J connectivity index is 2.53. The zero-order valence-electron chi connectivity index (χ0n) is 14.6. The van der Waals surface area contributed by atoms with Crippen molar-refractivity contribution in [1.29, 1.82) is 0 Å². The van der Waals surface area contributed by atoms with E-state index in [1.54, 1.807) is 10.1 Å². The molecule has 0 radical (unpaired) electrons. The predicted molar refractivity (Wildman–Crippen MR) is 81.2 cm³/mol. The van der Waals surface area contributed by atoms with Gasteiger partial charge in [0.2, 0.25) is 0 Å². The number of hydrogen-bond acceptors (Lipinski definition) is 6. The SMILES string of the molecule is CC(=O)ON1C2(CCCCC2)N(OC(C)=O)C(C)(C)C1(C)C. The van der Waals surface area contributed by atoms with Crippen LogP contribution >= 0.6 is 0 Å². The topological polar surface area (TPSA) is 59.1 Å². The number of hydrogen-bond donors (Lipinski definition) is 0. The number of hydroxylamine groups is 4. The second-order valence-corrected chi connectivity index (χ2v) is 7.42. The Morgan fingerprint density at radius 2 is 1.14 bits per heavy atom. The molecule has 2 rings (SSSR count). The summed E-state index contributed by atoms with van der Waals surface area (Å²) < 4.78 is 0. The molecule has 0 amide bonds. The minimum absolute atomic E-state index is 0.349. The highest BCUT2D eigenvalue weighted by atomic mass is 16.8. The lowest BCUT2D eigenvalue weighted by Crippen LogP contribution is -2.58. The monoisotopic (exact) mass is 312 g/mol. The largest absolute Gasteiger partial charge is 0.366 e. The van der Waals surface area contributed by atoms with Gasteiger partial charge in [-0.05, 0) is 40.5 Å². The van der Waals surface area contributed by atoms with Crippen LogP contribution in [0.25, 0.3) is 0 Å². The lowest BCUT2D eigenvalue weighted by Gasteiger charge is -2.45. The van der Waals surface area contributed by atoms with E-state index in [-0.39, 0.29) is 11.9 Å². The summed E-state index contributed by atoms with van der Waals surface area (Å²) in [6.45, 7) is 10.9. The normalized spacial score (nSPS) is 26.8. The zero-order valence-corrected chi connectivity index (χ0v) is 14.6. The maximum atomic E-state index is 11.7. The van der Waals surface area contributed by atoms with E-state index in [1.165, 1.54) is 13.8 Å². The molecule has 126 valence electrons. The summed E-state index contributed by atoms with van der Waals surface area (Å²) in [7, 11) is 0. The van der Waals surface area contributed by atoms with Crippen LogP contribution in [-0.2, 0) is 19.3 Å². The highest BCUT2D eigenvalue weighted by Gasteiger charge is 2.69. The Labute approximate surface area is 132 Å². The minimum Gasteiger partial charge on any atom is -0.366 e. The van der Waals surface area contributed by atoms with Gasteiger partial charge in [0.15, 0.2) is 0 Å². The molecular weight excluding hydrogens is 284 g/mol. The van der Waals surface area contributed by atoms with Crippen molar-refractivity contribution in [2.75, 3.05) is 0 Å². The van der Waals surface area contributed by atoms with Gasteiger partial charge in [-0.3, -0.25) is 9.59 Å². The lowest BCUT2D eigenvalue weighted by molar-refractivity contribution is -0.302. The van der Waals surface area contributed by atoms with Gasteiger partial charge < -0.3 is 9.68 Å². The second-order valence-electron chi connectivity index (χ2n) is 7.42. The Bertz CT molecular complexity index is 431. The fraction of sp³-hybridized carbons (Fsp3) is 0.875. The van der Waals surface area contributed by atoms with Gasteiger partial charge in [0, 0.05) is 13.8 Å². The van der Waals surface area contributed by atoms with E-state index in [2.05, 4.69) is 0 Å². The van der Waals surface area contributed by atoms with Crippen molar-refractivity contribution < 1.29 is 19.3 Å². The first-order chi connectivity index (χ1) is 10.1. The average Bonchev–Trinajstić information content (AvgIpc) is 2.50. The summed E-state index contributed by atoms with van der Waals surface area (Å²) in [5.74, 6) is -0.697. The van der Waals surface area contributed by atoms with Gasteiger partial charge in [-0.25, -0.2) is 0 Å². The molecule has 1 saturated heterocycles. The third-order valence-corrected chi connectivity index (χ3v) is 5.36. The van der Waals surface area contributed by atoms with Gasteiger partial charge in [0.25, 0.3) is 0 Å². The molecule has 2 aliphatic rings.